The van der Waals surface area contributed by atoms with Crippen LogP contribution in [0, 0.1) is 12.3 Å². The summed E-state index contributed by atoms with van der Waals surface area (Å²) in [5, 5.41) is 0. The van der Waals surface area contributed by atoms with Crippen LogP contribution < -0.4 is 10.6 Å². The number of rotatable bonds is 3. The summed E-state index contributed by atoms with van der Waals surface area (Å²) in [6.07, 6.45) is 9.71. The minimum atomic E-state index is -0.134. The number of nitrogens with zero attached hydrogens (tertiary/aromatic N) is 5. The smallest absolute Gasteiger partial charge is 0.225 e. The van der Waals surface area contributed by atoms with E-state index in [1.165, 1.54) is 0 Å². The first kappa shape index (κ1) is 17.5. The summed E-state index contributed by atoms with van der Waals surface area (Å²) >= 11 is 0. The Labute approximate surface area is 142 Å². The molecular formula is C14H21IN6. The first-order valence-electron chi connectivity index (χ1n) is 6.81. The summed E-state index contributed by atoms with van der Waals surface area (Å²) in [7, 11) is 0. The normalized spacial score (nSPS) is 16.9. The van der Waals surface area contributed by atoms with Gasteiger partial charge >= 0.3 is 0 Å². The van der Waals surface area contributed by atoms with Gasteiger partial charge < -0.3 is 15.5 Å². The molecule has 1 aliphatic rings. The zero-order chi connectivity index (χ0) is 14.4. The summed E-state index contributed by atoms with van der Waals surface area (Å²) in [4.78, 5) is 17.1. The van der Waals surface area contributed by atoms with Crippen molar-refractivity contribution in [3.63, 3.8) is 0 Å². The molecule has 0 radical (unpaired) electrons. The van der Waals surface area contributed by atoms with Crippen LogP contribution in [0.2, 0.25) is 0 Å². The molecule has 6 nitrogen and oxygen atoms in total. The Balaban J connectivity index is 0.00000220. The summed E-state index contributed by atoms with van der Waals surface area (Å²) in [5.41, 5.74) is 6.02. The molecule has 1 aliphatic heterocycles. The van der Waals surface area contributed by atoms with Crippen LogP contribution in [0.25, 0.3) is 0 Å². The van der Waals surface area contributed by atoms with Gasteiger partial charge in [-0.05, 0) is 12.5 Å². The number of aliphatic imine (C=N–C) groups is 1. The van der Waals surface area contributed by atoms with Gasteiger partial charge in [0.25, 0.3) is 0 Å². The fraction of sp³-hybridized carbons (Fsp3) is 0.500. The van der Waals surface area contributed by atoms with E-state index in [9.17, 15) is 0 Å². The van der Waals surface area contributed by atoms with Gasteiger partial charge in [0.1, 0.15) is 6.04 Å². The number of halogens is 1. The maximum absolute atomic E-state index is 6.02. The quantitative estimate of drug-likeness (QED) is 0.354. The lowest BCUT2D eigenvalue weighted by atomic mass is 10.2. The lowest BCUT2D eigenvalue weighted by Crippen LogP contribution is -2.51. The van der Waals surface area contributed by atoms with Gasteiger partial charge in [0.15, 0.2) is 5.96 Å². The molecule has 1 unspecified atom stereocenters. The van der Waals surface area contributed by atoms with Gasteiger partial charge in [-0.3, -0.25) is 0 Å². The summed E-state index contributed by atoms with van der Waals surface area (Å²) in [6.45, 7) is 5.26. The van der Waals surface area contributed by atoms with Crippen LogP contribution in [0.1, 0.15) is 13.3 Å². The van der Waals surface area contributed by atoms with E-state index >= 15 is 0 Å². The molecule has 114 valence electrons. The highest BCUT2D eigenvalue weighted by Gasteiger charge is 2.20. The molecule has 0 spiro atoms. The minimum absolute atomic E-state index is 0. The number of terminal acetylenes is 1. The lowest BCUT2D eigenvalue weighted by Gasteiger charge is -2.35. The molecule has 0 saturated carbocycles. The number of aromatic nitrogens is 2. The standard InChI is InChI=1S/C14H20N6.HI/c1-3-12(4-2)18-13(15)19-8-10-20(11-9-19)14-16-6-5-7-17-14;/h1,5-7,12H,4,8-11H2,2H3,(H2,15,18);1H. The second-order valence-electron chi connectivity index (χ2n) is 4.60. The fourth-order valence-electron chi connectivity index (χ4n) is 2.08. The number of piperazine rings is 1. The van der Waals surface area contributed by atoms with Crippen molar-refractivity contribution in [3.8, 4) is 12.3 Å². The minimum Gasteiger partial charge on any atom is -0.370 e. The summed E-state index contributed by atoms with van der Waals surface area (Å²) < 4.78 is 0. The van der Waals surface area contributed by atoms with Crippen LogP contribution in [-0.4, -0.2) is 53.0 Å². The van der Waals surface area contributed by atoms with E-state index in [0.717, 1.165) is 38.5 Å². The van der Waals surface area contributed by atoms with E-state index in [-0.39, 0.29) is 30.0 Å². The maximum atomic E-state index is 6.02. The Morgan fingerprint density at radius 2 is 2.00 bits per heavy atom. The third kappa shape index (κ3) is 4.74. The van der Waals surface area contributed by atoms with E-state index in [0.29, 0.717) is 5.96 Å². The van der Waals surface area contributed by atoms with Crippen molar-refractivity contribution in [1.29, 1.82) is 0 Å². The van der Waals surface area contributed by atoms with Crippen LogP contribution in [0.4, 0.5) is 5.95 Å². The van der Waals surface area contributed by atoms with Crippen molar-refractivity contribution in [2.75, 3.05) is 31.1 Å². The second kappa shape index (κ2) is 8.67. The van der Waals surface area contributed by atoms with Crippen LogP contribution in [-0.2, 0) is 0 Å². The van der Waals surface area contributed by atoms with Gasteiger partial charge in [0.05, 0.1) is 0 Å². The van der Waals surface area contributed by atoms with Crippen molar-refractivity contribution >= 4 is 35.9 Å². The van der Waals surface area contributed by atoms with Crippen LogP contribution in [0.15, 0.2) is 23.5 Å². The molecule has 1 aromatic rings. The van der Waals surface area contributed by atoms with E-state index in [1.807, 2.05) is 13.0 Å². The second-order valence-corrected chi connectivity index (χ2v) is 4.60. The monoisotopic (exact) mass is 400 g/mol. The Kier molecular flexibility index (Phi) is 7.22. The number of guanidine groups is 1. The zero-order valence-electron chi connectivity index (χ0n) is 12.1. The van der Waals surface area contributed by atoms with Gasteiger partial charge in [0, 0.05) is 38.6 Å². The van der Waals surface area contributed by atoms with Gasteiger partial charge in [0.2, 0.25) is 5.95 Å². The Morgan fingerprint density at radius 1 is 1.38 bits per heavy atom. The largest absolute Gasteiger partial charge is 0.370 e. The topological polar surface area (TPSA) is 70.6 Å². The van der Waals surface area contributed by atoms with E-state index in [2.05, 4.69) is 30.7 Å². The van der Waals surface area contributed by atoms with Crippen LogP contribution in [0.3, 0.4) is 0 Å². The van der Waals surface area contributed by atoms with Crippen molar-refractivity contribution < 1.29 is 0 Å². The molecule has 2 rings (SSSR count). The average Bonchev–Trinajstić information content (AvgIpc) is 2.53. The number of hydrogen-bond donors (Lipinski definition) is 1. The number of hydrogen-bond acceptors (Lipinski definition) is 4. The van der Waals surface area contributed by atoms with Crippen LogP contribution in [0.5, 0.6) is 0 Å². The first-order valence-corrected chi connectivity index (χ1v) is 6.81. The molecule has 0 bridgehead atoms. The van der Waals surface area contributed by atoms with E-state index < -0.39 is 0 Å². The summed E-state index contributed by atoms with van der Waals surface area (Å²) in [6, 6.07) is 1.68. The number of anilines is 1. The molecule has 21 heavy (non-hydrogen) atoms. The van der Waals surface area contributed by atoms with Crippen molar-refractivity contribution in [3.05, 3.63) is 18.5 Å². The highest BCUT2D eigenvalue weighted by Crippen LogP contribution is 2.09. The molecule has 0 aliphatic carbocycles. The molecule has 1 atom stereocenters. The van der Waals surface area contributed by atoms with Gasteiger partial charge in [-0.1, -0.05) is 12.8 Å². The van der Waals surface area contributed by atoms with Gasteiger partial charge in [-0.25, -0.2) is 15.0 Å². The van der Waals surface area contributed by atoms with E-state index in [4.69, 9.17) is 12.2 Å². The molecule has 1 fully saturated rings. The van der Waals surface area contributed by atoms with Gasteiger partial charge in [-0.2, -0.15) is 0 Å². The molecule has 1 saturated heterocycles. The first-order chi connectivity index (χ1) is 9.74. The molecular weight excluding hydrogens is 379 g/mol. The third-order valence-corrected chi connectivity index (χ3v) is 3.31. The Bertz CT molecular complexity index is 490. The van der Waals surface area contributed by atoms with E-state index in [1.54, 1.807) is 12.4 Å². The SMILES string of the molecule is C#CC(CC)N=C(N)N1CCN(c2ncccn2)CC1.I. The van der Waals surface area contributed by atoms with Crippen molar-refractivity contribution in [2.45, 2.75) is 19.4 Å². The molecule has 1 aromatic heterocycles. The van der Waals surface area contributed by atoms with Crippen molar-refractivity contribution in [2.24, 2.45) is 10.7 Å². The predicted molar refractivity (Wildman–Crippen MR) is 95.8 cm³/mol. The molecule has 0 aromatic carbocycles. The Morgan fingerprint density at radius 3 is 2.52 bits per heavy atom. The average molecular weight is 400 g/mol. The summed E-state index contributed by atoms with van der Waals surface area (Å²) in [5.74, 6) is 3.92. The Hall–Kier alpha value is -1.56. The molecule has 0 amide bonds. The zero-order valence-corrected chi connectivity index (χ0v) is 14.5. The van der Waals surface area contributed by atoms with Crippen LogP contribution >= 0.6 is 24.0 Å². The lowest BCUT2D eigenvalue weighted by molar-refractivity contribution is 0.377. The van der Waals surface area contributed by atoms with Crippen molar-refractivity contribution in [1.82, 2.24) is 14.9 Å². The highest BCUT2D eigenvalue weighted by molar-refractivity contribution is 14.0. The fourth-order valence-corrected chi connectivity index (χ4v) is 2.08. The highest BCUT2D eigenvalue weighted by atomic mass is 127. The van der Waals surface area contributed by atoms with Gasteiger partial charge in [-0.15, -0.1) is 30.4 Å². The number of nitrogens with two attached hydrogens (primary N) is 1. The predicted octanol–water partition coefficient (Wildman–Crippen LogP) is 0.943. The molecule has 7 heteroatoms. The molecule has 2 heterocycles. The molecule has 2 N–H and O–H groups in total. The maximum Gasteiger partial charge on any atom is 0.225 e. The third-order valence-electron chi connectivity index (χ3n) is 3.31.